The van der Waals surface area contributed by atoms with Crippen molar-refractivity contribution in [3.05, 3.63) is 33.6 Å². The van der Waals surface area contributed by atoms with Gasteiger partial charge in [-0.1, -0.05) is 6.92 Å². The summed E-state index contributed by atoms with van der Waals surface area (Å²) in [5.41, 5.74) is 4.69. The number of nitrogens with zero attached hydrogens (tertiary/aromatic N) is 2. The maximum atomic E-state index is 13.5. The van der Waals surface area contributed by atoms with Gasteiger partial charge in [-0.3, -0.25) is 14.9 Å². The van der Waals surface area contributed by atoms with E-state index in [1.807, 2.05) is 13.8 Å². The van der Waals surface area contributed by atoms with Gasteiger partial charge in [-0.05, 0) is 31.7 Å². The van der Waals surface area contributed by atoms with Gasteiger partial charge in [0.05, 0.1) is 16.6 Å². The van der Waals surface area contributed by atoms with Crippen molar-refractivity contribution in [2.75, 3.05) is 12.3 Å². The molecule has 2 rings (SSSR count). The van der Waals surface area contributed by atoms with Crippen LogP contribution in [0.25, 0.3) is 0 Å². The zero-order valence-electron chi connectivity index (χ0n) is 12.0. The second-order valence-corrected chi connectivity index (χ2v) is 5.63. The predicted octanol–water partition coefficient (Wildman–Crippen LogP) is 2.58. The molecule has 2 N–H and O–H groups in total. The van der Waals surface area contributed by atoms with Crippen LogP contribution >= 0.6 is 0 Å². The molecule has 0 aromatic heterocycles. The van der Waals surface area contributed by atoms with Crippen LogP contribution in [0.3, 0.4) is 0 Å². The van der Waals surface area contributed by atoms with E-state index in [4.69, 9.17) is 5.73 Å². The minimum Gasteiger partial charge on any atom is -0.393 e. The van der Waals surface area contributed by atoms with E-state index in [-0.39, 0.29) is 17.3 Å². The Hall–Kier alpha value is -2.18. The fourth-order valence-electron chi connectivity index (χ4n) is 2.66. The Morgan fingerprint density at radius 2 is 2.10 bits per heavy atom. The minimum atomic E-state index is -0.836. The second-order valence-electron chi connectivity index (χ2n) is 5.63. The molecule has 0 saturated carbocycles. The van der Waals surface area contributed by atoms with Gasteiger partial charge in [0.25, 0.3) is 11.6 Å². The number of carbonyl (C=O) groups excluding carboxylic acids is 1. The molecule has 1 aromatic rings. The summed E-state index contributed by atoms with van der Waals surface area (Å²) in [7, 11) is 0. The average Bonchev–Trinajstić information content (AvgIpc) is 2.42. The highest BCUT2D eigenvalue weighted by Crippen LogP contribution is 2.30. The molecule has 1 heterocycles. The summed E-state index contributed by atoms with van der Waals surface area (Å²) in [6.07, 6.45) is 1.87. The number of halogens is 1. The van der Waals surface area contributed by atoms with E-state index < -0.39 is 22.3 Å². The summed E-state index contributed by atoms with van der Waals surface area (Å²) in [6.45, 7) is 4.49. The van der Waals surface area contributed by atoms with Crippen molar-refractivity contribution >= 4 is 17.3 Å². The number of nitrogen functional groups attached to an aromatic ring is 1. The van der Waals surface area contributed by atoms with Gasteiger partial charge in [0.1, 0.15) is 11.5 Å². The molecule has 1 saturated heterocycles. The molecule has 0 radical (unpaired) electrons. The smallest absolute Gasteiger partial charge is 0.295 e. The van der Waals surface area contributed by atoms with Crippen LogP contribution in [0, 0.1) is 21.8 Å². The topological polar surface area (TPSA) is 89.5 Å². The Bertz CT molecular complexity index is 591. The molecule has 1 aromatic carbocycles. The number of amides is 1. The number of hydrogen-bond acceptors (Lipinski definition) is 4. The lowest BCUT2D eigenvalue weighted by atomic mass is 9.94. The summed E-state index contributed by atoms with van der Waals surface area (Å²) in [5, 5.41) is 10.9. The zero-order valence-corrected chi connectivity index (χ0v) is 12.0. The number of nitro benzene ring substituents is 1. The third-order valence-electron chi connectivity index (χ3n) is 3.93. The highest BCUT2D eigenvalue weighted by molar-refractivity contribution is 6.01. The summed E-state index contributed by atoms with van der Waals surface area (Å²) in [5.74, 6) is -0.943. The van der Waals surface area contributed by atoms with Gasteiger partial charge in [0, 0.05) is 12.6 Å². The number of nitrogens with two attached hydrogens (primary N) is 1. The van der Waals surface area contributed by atoms with Crippen LogP contribution in [0.4, 0.5) is 15.8 Å². The largest absolute Gasteiger partial charge is 0.393 e. The van der Waals surface area contributed by atoms with Crippen molar-refractivity contribution in [3.8, 4) is 0 Å². The number of likely N-dealkylation sites (tertiary alicyclic amines) is 1. The van der Waals surface area contributed by atoms with Gasteiger partial charge in [0.2, 0.25) is 0 Å². The predicted molar refractivity (Wildman–Crippen MR) is 76.4 cm³/mol. The van der Waals surface area contributed by atoms with Crippen LogP contribution in [0.15, 0.2) is 12.1 Å². The molecule has 1 aliphatic heterocycles. The maximum absolute atomic E-state index is 13.5. The zero-order chi connectivity index (χ0) is 15.7. The van der Waals surface area contributed by atoms with E-state index in [0.29, 0.717) is 12.5 Å². The normalized spacial score (nSPS) is 22.1. The van der Waals surface area contributed by atoms with Crippen LogP contribution in [-0.4, -0.2) is 28.3 Å². The first-order valence-corrected chi connectivity index (χ1v) is 6.85. The highest BCUT2D eigenvalue weighted by atomic mass is 19.1. The van der Waals surface area contributed by atoms with Gasteiger partial charge in [-0.2, -0.15) is 0 Å². The lowest BCUT2D eigenvalue weighted by Crippen LogP contribution is -2.45. The van der Waals surface area contributed by atoms with Gasteiger partial charge in [-0.15, -0.1) is 0 Å². The number of carbonyl (C=O) groups is 1. The van der Waals surface area contributed by atoms with Crippen LogP contribution in [0.1, 0.15) is 37.0 Å². The van der Waals surface area contributed by atoms with Crippen LogP contribution in [0.5, 0.6) is 0 Å². The molecule has 2 unspecified atom stereocenters. The highest BCUT2D eigenvalue weighted by Gasteiger charge is 2.31. The first-order valence-electron chi connectivity index (χ1n) is 6.85. The summed E-state index contributed by atoms with van der Waals surface area (Å²) >= 11 is 0. The van der Waals surface area contributed by atoms with Crippen LogP contribution < -0.4 is 5.73 Å². The number of benzene rings is 1. The molecular formula is C14H18FN3O3. The van der Waals surface area contributed by atoms with Crippen LogP contribution in [0.2, 0.25) is 0 Å². The van der Waals surface area contributed by atoms with Gasteiger partial charge in [0.15, 0.2) is 0 Å². The molecule has 0 spiro atoms. The molecule has 2 atom stereocenters. The molecule has 6 nitrogen and oxygen atoms in total. The average molecular weight is 295 g/mol. The maximum Gasteiger partial charge on any atom is 0.295 e. The van der Waals surface area contributed by atoms with E-state index in [0.717, 1.165) is 25.0 Å². The number of nitro groups is 1. The first-order chi connectivity index (χ1) is 9.81. The molecule has 1 aliphatic rings. The standard InChI is InChI=1S/C14H18FN3O3/c1-8-3-4-9(2)17(7-8)14(19)11-5-10(15)6-12(13(11)16)18(20)21/h5-6,8-9H,3-4,7,16H2,1-2H3. The van der Waals surface area contributed by atoms with Gasteiger partial charge in [-0.25, -0.2) is 4.39 Å². The van der Waals surface area contributed by atoms with Crippen molar-refractivity contribution in [1.82, 2.24) is 4.90 Å². The summed E-state index contributed by atoms with van der Waals surface area (Å²) in [4.78, 5) is 24.3. The molecule has 0 aliphatic carbocycles. The number of piperidine rings is 1. The quantitative estimate of drug-likeness (QED) is 0.516. The molecule has 1 fully saturated rings. The Balaban J connectivity index is 2.41. The van der Waals surface area contributed by atoms with Crippen molar-refractivity contribution in [3.63, 3.8) is 0 Å². The SMILES string of the molecule is CC1CCC(C)N(C(=O)c2cc(F)cc([N+](=O)[O-])c2N)C1. The van der Waals surface area contributed by atoms with Gasteiger partial charge < -0.3 is 10.6 Å². The van der Waals surface area contributed by atoms with Crippen molar-refractivity contribution in [2.45, 2.75) is 32.7 Å². The van der Waals surface area contributed by atoms with Crippen molar-refractivity contribution in [1.29, 1.82) is 0 Å². The van der Waals surface area contributed by atoms with Gasteiger partial charge >= 0.3 is 0 Å². The van der Waals surface area contributed by atoms with E-state index in [2.05, 4.69) is 0 Å². The summed E-state index contributed by atoms with van der Waals surface area (Å²) in [6, 6.07) is 1.71. The Morgan fingerprint density at radius 3 is 2.71 bits per heavy atom. The summed E-state index contributed by atoms with van der Waals surface area (Å²) < 4.78 is 13.5. The fourth-order valence-corrected chi connectivity index (χ4v) is 2.66. The van der Waals surface area contributed by atoms with E-state index >= 15 is 0 Å². The molecule has 114 valence electrons. The molecule has 7 heteroatoms. The minimum absolute atomic E-state index is 0.00965. The Labute approximate surface area is 121 Å². The molecule has 21 heavy (non-hydrogen) atoms. The third kappa shape index (κ3) is 2.96. The van der Waals surface area contributed by atoms with E-state index in [1.54, 1.807) is 4.90 Å². The number of anilines is 1. The first kappa shape index (κ1) is 15.2. The third-order valence-corrected chi connectivity index (χ3v) is 3.93. The monoisotopic (exact) mass is 295 g/mol. The second kappa shape index (κ2) is 5.67. The van der Waals surface area contributed by atoms with Crippen molar-refractivity contribution < 1.29 is 14.1 Å². The fraction of sp³-hybridized carbons (Fsp3) is 0.500. The van der Waals surface area contributed by atoms with E-state index in [1.165, 1.54) is 0 Å². The molecule has 0 bridgehead atoms. The lowest BCUT2D eigenvalue weighted by molar-refractivity contribution is -0.384. The lowest BCUT2D eigenvalue weighted by Gasteiger charge is -2.37. The number of rotatable bonds is 2. The molecular weight excluding hydrogens is 277 g/mol. The Kier molecular flexibility index (Phi) is 4.11. The number of hydrogen-bond donors (Lipinski definition) is 1. The van der Waals surface area contributed by atoms with E-state index in [9.17, 15) is 19.3 Å². The Morgan fingerprint density at radius 1 is 1.43 bits per heavy atom. The van der Waals surface area contributed by atoms with Crippen LogP contribution in [-0.2, 0) is 0 Å². The van der Waals surface area contributed by atoms with Crippen molar-refractivity contribution in [2.24, 2.45) is 5.92 Å². The molecule has 1 amide bonds.